The van der Waals surface area contributed by atoms with Gasteiger partial charge >= 0.3 is 5.97 Å². The fourth-order valence-electron chi connectivity index (χ4n) is 11.9. The summed E-state index contributed by atoms with van der Waals surface area (Å²) in [6.45, 7) is 11.3. The molecule has 6 rings (SSSR count). The van der Waals surface area contributed by atoms with E-state index in [9.17, 15) is 9.90 Å². The second-order valence-electron chi connectivity index (χ2n) is 16.1. The molecule has 0 aromatic heterocycles. The smallest absolute Gasteiger partial charge is 0.305 e. The summed E-state index contributed by atoms with van der Waals surface area (Å²) in [5.74, 6) is 2.57. The summed E-state index contributed by atoms with van der Waals surface area (Å²) < 4.78 is 30.9. The first-order valence-electron chi connectivity index (χ1n) is 18.5. The Morgan fingerprint density at radius 1 is 0.909 bits per heavy atom. The normalized spacial score (nSPS) is 48.1. The molecular formula is C37H62O7. The molecule has 0 radical (unpaired) electrons. The summed E-state index contributed by atoms with van der Waals surface area (Å²) in [5.41, 5.74) is 0.0986. The molecule has 7 heteroatoms. The van der Waals surface area contributed by atoms with Gasteiger partial charge in [0, 0.05) is 25.0 Å². The van der Waals surface area contributed by atoms with Crippen LogP contribution >= 0.6 is 0 Å². The Labute approximate surface area is 266 Å². The maximum atomic E-state index is 12.4. The van der Waals surface area contributed by atoms with Crippen LogP contribution in [0, 0.1) is 52.3 Å². The van der Waals surface area contributed by atoms with Gasteiger partial charge in [0.05, 0.1) is 25.4 Å². The van der Waals surface area contributed by atoms with E-state index in [4.69, 9.17) is 23.7 Å². The molecule has 0 aromatic rings. The molecule has 4 saturated carbocycles. The van der Waals surface area contributed by atoms with E-state index in [2.05, 4.69) is 27.7 Å². The zero-order valence-electron chi connectivity index (χ0n) is 28.3. The summed E-state index contributed by atoms with van der Waals surface area (Å²) in [7, 11) is 1.49. The molecule has 44 heavy (non-hydrogen) atoms. The van der Waals surface area contributed by atoms with Gasteiger partial charge < -0.3 is 28.8 Å². The average molecular weight is 619 g/mol. The number of methoxy groups -OCH3 is 1. The lowest BCUT2D eigenvalue weighted by molar-refractivity contribution is -0.278. The molecule has 0 aromatic carbocycles. The molecule has 0 spiro atoms. The number of carbonyl (C=O) groups excluding carboxylic acids is 1. The topological polar surface area (TPSA) is 83.5 Å². The van der Waals surface area contributed by atoms with E-state index in [0.29, 0.717) is 41.9 Å². The highest BCUT2D eigenvalue weighted by Gasteiger charge is 2.68. The zero-order valence-corrected chi connectivity index (χ0v) is 28.3. The first-order chi connectivity index (χ1) is 21.2. The minimum absolute atomic E-state index is 0.0558. The largest absolute Gasteiger partial charge is 0.469 e. The molecule has 2 unspecified atom stereocenters. The predicted molar refractivity (Wildman–Crippen MR) is 168 cm³/mol. The van der Waals surface area contributed by atoms with Gasteiger partial charge in [-0.3, -0.25) is 4.79 Å². The van der Waals surface area contributed by atoms with Crippen LogP contribution in [-0.4, -0.2) is 62.3 Å². The second-order valence-corrected chi connectivity index (χ2v) is 16.1. The number of fused-ring (bicyclic) bond motifs is 5. The molecule has 2 heterocycles. The second kappa shape index (κ2) is 13.8. The Morgan fingerprint density at radius 3 is 2.25 bits per heavy atom. The van der Waals surface area contributed by atoms with E-state index in [1.165, 1.54) is 13.5 Å². The van der Waals surface area contributed by atoms with Crippen molar-refractivity contribution in [1.82, 2.24) is 0 Å². The Morgan fingerprint density at radius 2 is 1.61 bits per heavy atom. The van der Waals surface area contributed by atoms with Crippen molar-refractivity contribution in [2.75, 3.05) is 20.3 Å². The standard InChI is InChI=1S/C37H62O7/c1-6-25-28-21-24(43-32-11-7-9-19-41-32)17-18-36(28,3)29-22-30(44-33-12-8-10-20-42-33)37(4)26(23(2)13-16-31(38)40-5)14-15-27(37)34(29)35(25)39/h23-30,32-35,39H,6-22H2,1-5H3/t23-,24-,25-,26-,27+,28+,29+,30+,32?,33?,34+,35-,36+,37-/m1/s1. The molecule has 7 nitrogen and oxygen atoms in total. The number of rotatable bonds is 9. The van der Waals surface area contributed by atoms with Crippen molar-refractivity contribution in [1.29, 1.82) is 0 Å². The SMILES string of the molecule is CC[C@H]1[C@@H](O)[C@@H]2[C@H](C[C@H](OC3CCCCO3)[C@]3(C)[C@@H]([C@H](C)CCC(=O)OC)CC[C@@H]23)[C@@]2(C)CC[C@@H](OC3CCCCO3)C[C@@H]12. The van der Waals surface area contributed by atoms with Crippen LogP contribution in [0.1, 0.15) is 124 Å². The van der Waals surface area contributed by atoms with Gasteiger partial charge in [0.25, 0.3) is 0 Å². The van der Waals surface area contributed by atoms with Gasteiger partial charge in [0.1, 0.15) is 0 Å². The van der Waals surface area contributed by atoms with Crippen molar-refractivity contribution < 1.29 is 33.6 Å². The van der Waals surface area contributed by atoms with Gasteiger partial charge in [-0.15, -0.1) is 0 Å². The van der Waals surface area contributed by atoms with Crippen LogP contribution < -0.4 is 0 Å². The van der Waals surface area contributed by atoms with E-state index >= 15 is 0 Å². The van der Waals surface area contributed by atoms with E-state index in [0.717, 1.165) is 96.7 Å². The van der Waals surface area contributed by atoms with Crippen LogP contribution in [-0.2, 0) is 28.5 Å². The van der Waals surface area contributed by atoms with Crippen LogP contribution in [0.15, 0.2) is 0 Å². The number of aliphatic hydroxyl groups is 1. The first-order valence-corrected chi connectivity index (χ1v) is 18.5. The summed E-state index contributed by atoms with van der Waals surface area (Å²) in [6.07, 6.45) is 15.2. The number of hydrogen-bond donors (Lipinski definition) is 1. The van der Waals surface area contributed by atoms with Gasteiger partial charge in [-0.2, -0.15) is 0 Å². The summed E-state index contributed by atoms with van der Waals surface area (Å²) >= 11 is 0. The number of ether oxygens (including phenoxy) is 5. The minimum atomic E-state index is -0.298. The van der Waals surface area contributed by atoms with E-state index in [1.54, 1.807) is 0 Å². The maximum absolute atomic E-state index is 12.4. The molecular weight excluding hydrogens is 556 g/mol. The molecule has 6 fully saturated rings. The lowest BCUT2D eigenvalue weighted by atomic mass is 9.41. The molecule has 2 saturated heterocycles. The van der Waals surface area contributed by atoms with Gasteiger partial charge in [-0.05, 0) is 130 Å². The summed E-state index contributed by atoms with van der Waals surface area (Å²) in [4.78, 5) is 12.1. The van der Waals surface area contributed by atoms with Gasteiger partial charge in [0.2, 0.25) is 0 Å². The first kappa shape index (κ1) is 33.2. The summed E-state index contributed by atoms with van der Waals surface area (Å²) in [5, 5.41) is 12.4. The number of aliphatic hydroxyl groups excluding tert-OH is 1. The van der Waals surface area contributed by atoms with E-state index in [-0.39, 0.29) is 53.6 Å². The minimum Gasteiger partial charge on any atom is -0.469 e. The predicted octanol–water partition coefficient (Wildman–Crippen LogP) is 7.28. The van der Waals surface area contributed by atoms with Crippen molar-refractivity contribution in [2.45, 2.75) is 155 Å². The van der Waals surface area contributed by atoms with Gasteiger partial charge in [-0.25, -0.2) is 0 Å². The molecule has 6 aliphatic rings. The average Bonchev–Trinajstić information content (AvgIpc) is 3.40. The Hall–Kier alpha value is -0.730. The lowest BCUT2D eigenvalue weighted by Gasteiger charge is -2.66. The molecule has 252 valence electrons. The van der Waals surface area contributed by atoms with Crippen LogP contribution in [0.2, 0.25) is 0 Å². The zero-order chi connectivity index (χ0) is 31.1. The molecule has 4 aliphatic carbocycles. The van der Waals surface area contributed by atoms with Crippen molar-refractivity contribution in [3.05, 3.63) is 0 Å². The molecule has 0 bridgehead atoms. The van der Waals surface area contributed by atoms with Crippen LogP contribution in [0.3, 0.4) is 0 Å². The maximum Gasteiger partial charge on any atom is 0.305 e. The molecule has 2 aliphatic heterocycles. The fraction of sp³-hybridized carbons (Fsp3) is 0.973. The van der Waals surface area contributed by atoms with E-state index in [1.807, 2.05) is 0 Å². The number of hydrogen-bond acceptors (Lipinski definition) is 7. The Bertz CT molecular complexity index is 961. The van der Waals surface area contributed by atoms with Gasteiger partial charge in [-0.1, -0.05) is 34.1 Å². The van der Waals surface area contributed by atoms with Crippen LogP contribution in [0.25, 0.3) is 0 Å². The Kier molecular flexibility index (Phi) is 10.4. The quantitative estimate of drug-likeness (QED) is 0.215. The highest BCUT2D eigenvalue weighted by molar-refractivity contribution is 5.69. The Balaban J connectivity index is 1.28. The van der Waals surface area contributed by atoms with Crippen molar-refractivity contribution >= 4 is 5.97 Å². The van der Waals surface area contributed by atoms with Crippen molar-refractivity contribution in [3.8, 4) is 0 Å². The highest BCUT2D eigenvalue weighted by Crippen LogP contribution is 2.70. The van der Waals surface area contributed by atoms with Crippen molar-refractivity contribution in [3.63, 3.8) is 0 Å². The molecule has 14 atom stereocenters. The van der Waals surface area contributed by atoms with Crippen LogP contribution in [0.5, 0.6) is 0 Å². The van der Waals surface area contributed by atoms with Crippen molar-refractivity contribution in [2.24, 2.45) is 52.3 Å². The third-order valence-electron chi connectivity index (χ3n) is 14.2. The lowest BCUT2D eigenvalue weighted by Crippen LogP contribution is -2.65. The number of carbonyl (C=O) groups is 1. The van der Waals surface area contributed by atoms with Gasteiger partial charge in [0.15, 0.2) is 12.6 Å². The van der Waals surface area contributed by atoms with Crippen LogP contribution in [0.4, 0.5) is 0 Å². The van der Waals surface area contributed by atoms with E-state index < -0.39 is 0 Å². The summed E-state index contributed by atoms with van der Waals surface area (Å²) in [6, 6.07) is 0. The monoisotopic (exact) mass is 618 g/mol. The highest BCUT2D eigenvalue weighted by atomic mass is 16.7. The fourth-order valence-corrected chi connectivity index (χ4v) is 11.9. The molecule has 0 amide bonds. The number of esters is 1. The third-order valence-corrected chi connectivity index (χ3v) is 14.2. The molecule has 1 N–H and O–H groups in total. The third kappa shape index (κ3) is 6.04.